The highest BCUT2D eigenvalue weighted by Crippen LogP contribution is 2.23. The van der Waals surface area contributed by atoms with E-state index in [2.05, 4.69) is 0 Å². The lowest BCUT2D eigenvalue weighted by Crippen LogP contribution is -2.09. The molecule has 0 saturated carbocycles. The van der Waals surface area contributed by atoms with Gasteiger partial charge >= 0.3 is 5.97 Å². The van der Waals surface area contributed by atoms with Gasteiger partial charge in [-0.05, 0) is 29.3 Å². The van der Waals surface area contributed by atoms with Crippen molar-refractivity contribution in [3.8, 4) is 11.8 Å². The first-order valence-corrected chi connectivity index (χ1v) is 6.81. The zero-order valence-corrected chi connectivity index (χ0v) is 12.4. The van der Waals surface area contributed by atoms with E-state index in [1.165, 1.54) is 18.2 Å². The summed E-state index contributed by atoms with van der Waals surface area (Å²) in [6.45, 7) is -0.438. The number of carboxylic acid groups (broad SMARTS) is 1. The summed E-state index contributed by atoms with van der Waals surface area (Å²) in [5, 5.41) is 28.7. The Hall–Kier alpha value is -3.66. The summed E-state index contributed by atoms with van der Waals surface area (Å²) in [7, 11) is 0. The van der Waals surface area contributed by atoms with Gasteiger partial charge < -0.3 is 9.84 Å². The lowest BCUT2D eigenvalue weighted by Gasteiger charge is -2.04. The number of rotatable bonds is 6. The van der Waals surface area contributed by atoms with Crippen LogP contribution in [0.2, 0.25) is 0 Å². The molecule has 0 saturated heterocycles. The second-order valence-corrected chi connectivity index (χ2v) is 4.73. The van der Waals surface area contributed by atoms with Gasteiger partial charge in [0.1, 0.15) is 5.75 Å². The molecule has 0 unspecified atom stereocenters. The Bertz CT molecular complexity index is 835. The molecule has 2 rings (SSSR count). The lowest BCUT2D eigenvalue weighted by atomic mass is 10.0. The number of hydrogen-bond donors (Lipinski definition) is 1. The van der Waals surface area contributed by atoms with Crippen molar-refractivity contribution in [1.29, 1.82) is 5.26 Å². The van der Waals surface area contributed by atoms with Gasteiger partial charge in [0.15, 0.2) is 6.61 Å². The van der Waals surface area contributed by atoms with Crippen molar-refractivity contribution in [2.24, 2.45) is 0 Å². The molecule has 7 heteroatoms. The van der Waals surface area contributed by atoms with E-state index >= 15 is 0 Å². The fourth-order valence-electron chi connectivity index (χ4n) is 1.94. The van der Waals surface area contributed by atoms with Gasteiger partial charge in [0.25, 0.3) is 5.69 Å². The minimum atomic E-state index is -1.07. The van der Waals surface area contributed by atoms with Crippen molar-refractivity contribution in [3.63, 3.8) is 0 Å². The van der Waals surface area contributed by atoms with Crippen LogP contribution < -0.4 is 4.74 Å². The first kappa shape index (κ1) is 16.7. The molecular formula is C17H12N2O5. The summed E-state index contributed by atoms with van der Waals surface area (Å²) in [5.74, 6) is -0.681. The maximum Gasteiger partial charge on any atom is 0.341 e. The number of ether oxygens (including phenoxy) is 1. The highest BCUT2D eigenvalue weighted by Gasteiger charge is 2.09. The van der Waals surface area contributed by atoms with Crippen LogP contribution in [-0.4, -0.2) is 22.6 Å². The Labute approximate surface area is 137 Å². The summed E-state index contributed by atoms with van der Waals surface area (Å²) in [6, 6.07) is 14.3. The van der Waals surface area contributed by atoms with Gasteiger partial charge in [-0.25, -0.2) is 4.79 Å². The molecule has 0 aliphatic rings. The molecule has 2 aromatic carbocycles. The van der Waals surface area contributed by atoms with Gasteiger partial charge in [0.2, 0.25) is 0 Å². The van der Waals surface area contributed by atoms with Crippen LogP contribution in [-0.2, 0) is 4.79 Å². The third-order valence-electron chi connectivity index (χ3n) is 3.04. The number of nitro benzene ring substituents is 1. The standard InChI is InChI=1S/C17H12N2O5/c18-10-14(13-2-1-3-15(9-13)19(22)23)8-12-4-6-16(7-5-12)24-11-17(20)21/h1-9H,11H2,(H,20,21)/b14-8-. The predicted octanol–water partition coefficient (Wildman–Crippen LogP) is 3.12. The highest BCUT2D eigenvalue weighted by atomic mass is 16.6. The van der Waals surface area contributed by atoms with Gasteiger partial charge in [-0.15, -0.1) is 0 Å². The van der Waals surface area contributed by atoms with E-state index in [1.807, 2.05) is 6.07 Å². The largest absolute Gasteiger partial charge is 0.482 e. The number of nitro groups is 1. The lowest BCUT2D eigenvalue weighted by molar-refractivity contribution is -0.384. The Morgan fingerprint density at radius 1 is 1.29 bits per heavy atom. The number of non-ortho nitro benzene ring substituents is 1. The quantitative estimate of drug-likeness (QED) is 0.378. The number of nitrogens with zero attached hydrogens (tertiary/aromatic N) is 2. The van der Waals surface area contributed by atoms with Crippen molar-refractivity contribution in [1.82, 2.24) is 0 Å². The molecule has 0 radical (unpaired) electrons. The van der Waals surface area contributed by atoms with Crippen molar-refractivity contribution in [2.45, 2.75) is 0 Å². The van der Waals surface area contributed by atoms with E-state index in [4.69, 9.17) is 9.84 Å². The Morgan fingerprint density at radius 3 is 2.58 bits per heavy atom. The number of carbonyl (C=O) groups is 1. The summed E-state index contributed by atoms with van der Waals surface area (Å²) in [6.07, 6.45) is 1.58. The monoisotopic (exact) mass is 324 g/mol. The van der Waals surface area contributed by atoms with Crippen LogP contribution in [0, 0.1) is 21.4 Å². The molecule has 0 amide bonds. The number of hydrogen-bond acceptors (Lipinski definition) is 5. The normalized spacial score (nSPS) is 10.7. The fourth-order valence-corrected chi connectivity index (χ4v) is 1.94. The topological polar surface area (TPSA) is 113 Å². The average molecular weight is 324 g/mol. The van der Waals surface area contributed by atoms with Crippen LogP contribution in [0.3, 0.4) is 0 Å². The summed E-state index contributed by atoms with van der Waals surface area (Å²) in [5.41, 5.74) is 1.31. The summed E-state index contributed by atoms with van der Waals surface area (Å²) in [4.78, 5) is 20.7. The van der Waals surface area contributed by atoms with E-state index in [-0.39, 0.29) is 11.3 Å². The van der Waals surface area contributed by atoms with Gasteiger partial charge in [-0.1, -0.05) is 24.3 Å². The molecule has 0 atom stereocenters. The van der Waals surface area contributed by atoms with E-state index in [0.717, 1.165) is 0 Å². The maximum absolute atomic E-state index is 10.8. The SMILES string of the molecule is N#C/C(=C/c1ccc(OCC(=O)O)cc1)c1cccc([N+](=O)[O-])c1. The zero-order valence-electron chi connectivity index (χ0n) is 12.4. The molecule has 0 spiro atoms. The number of aliphatic carboxylic acids is 1. The van der Waals surface area contributed by atoms with Crippen LogP contribution in [0.1, 0.15) is 11.1 Å². The van der Waals surface area contributed by atoms with Crippen LogP contribution in [0.25, 0.3) is 11.6 Å². The van der Waals surface area contributed by atoms with Gasteiger partial charge in [-0.3, -0.25) is 10.1 Å². The van der Waals surface area contributed by atoms with E-state index in [9.17, 15) is 20.2 Å². The molecule has 0 bridgehead atoms. The summed E-state index contributed by atoms with van der Waals surface area (Å²) < 4.78 is 5.02. The third-order valence-corrected chi connectivity index (χ3v) is 3.04. The molecule has 0 fully saturated rings. The first-order valence-electron chi connectivity index (χ1n) is 6.81. The van der Waals surface area contributed by atoms with E-state index < -0.39 is 17.5 Å². The summed E-state index contributed by atoms with van der Waals surface area (Å²) >= 11 is 0. The van der Waals surface area contributed by atoms with Crippen molar-refractivity contribution < 1.29 is 19.6 Å². The number of nitriles is 1. The third kappa shape index (κ3) is 4.42. The molecule has 2 aromatic rings. The van der Waals surface area contributed by atoms with E-state index in [0.29, 0.717) is 16.9 Å². The smallest absolute Gasteiger partial charge is 0.341 e. The highest BCUT2D eigenvalue weighted by molar-refractivity contribution is 5.90. The minimum Gasteiger partial charge on any atom is -0.482 e. The molecule has 0 aliphatic carbocycles. The minimum absolute atomic E-state index is 0.0916. The molecule has 0 aromatic heterocycles. The second kappa shape index (κ2) is 7.56. The Kier molecular flexibility index (Phi) is 5.26. The van der Waals surface area contributed by atoms with Crippen molar-refractivity contribution in [2.75, 3.05) is 6.61 Å². The van der Waals surface area contributed by atoms with Crippen LogP contribution in [0.5, 0.6) is 5.75 Å². The number of allylic oxidation sites excluding steroid dienone is 1. The van der Waals surface area contributed by atoms with Crippen LogP contribution >= 0.6 is 0 Å². The molecule has 0 aliphatic heterocycles. The predicted molar refractivity (Wildman–Crippen MR) is 86.2 cm³/mol. The number of carboxylic acids is 1. The first-order chi connectivity index (χ1) is 11.5. The molecule has 7 nitrogen and oxygen atoms in total. The molecule has 120 valence electrons. The molecule has 24 heavy (non-hydrogen) atoms. The van der Waals surface area contributed by atoms with Crippen molar-refractivity contribution >= 4 is 23.3 Å². The fraction of sp³-hybridized carbons (Fsp3) is 0.0588. The zero-order chi connectivity index (χ0) is 17.5. The maximum atomic E-state index is 10.8. The Morgan fingerprint density at radius 2 is 2.00 bits per heavy atom. The average Bonchev–Trinajstić information content (AvgIpc) is 2.59. The molecular weight excluding hydrogens is 312 g/mol. The number of benzene rings is 2. The Balaban J connectivity index is 2.24. The second-order valence-electron chi connectivity index (χ2n) is 4.73. The van der Waals surface area contributed by atoms with Crippen molar-refractivity contribution in [3.05, 3.63) is 69.8 Å². The molecule has 0 heterocycles. The van der Waals surface area contributed by atoms with Crippen LogP contribution in [0.15, 0.2) is 48.5 Å². The van der Waals surface area contributed by atoms with Gasteiger partial charge in [0.05, 0.1) is 16.6 Å². The van der Waals surface area contributed by atoms with Crippen LogP contribution in [0.4, 0.5) is 5.69 Å². The van der Waals surface area contributed by atoms with Gasteiger partial charge in [-0.2, -0.15) is 5.26 Å². The van der Waals surface area contributed by atoms with E-state index in [1.54, 1.807) is 36.4 Å². The van der Waals surface area contributed by atoms with Gasteiger partial charge in [0, 0.05) is 12.1 Å². The molecule has 1 N–H and O–H groups in total.